The zero-order valence-electron chi connectivity index (χ0n) is 12.3. The zero-order valence-corrected chi connectivity index (χ0v) is 12.3. The van der Waals surface area contributed by atoms with Gasteiger partial charge in [-0.1, -0.05) is 64.9 Å². The molecule has 0 bridgehead atoms. The van der Waals surface area contributed by atoms with Crippen LogP contribution in [0.1, 0.15) is 78.6 Å². The van der Waals surface area contributed by atoms with Crippen LogP contribution >= 0.6 is 0 Å². The van der Waals surface area contributed by atoms with E-state index in [0.717, 1.165) is 19.4 Å². The molecule has 0 radical (unpaired) electrons. The molecule has 1 atom stereocenters. The molecule has 0 aliphatic rings. The molecule has 0 aliphatic heterocycles. The van der Waals surface area contributed by atoms with Gasteiger partial charge in [0.2, 0.25) is 0 Å². The lowest BCUT2D eigenvalue weighted by Gasteiger charge is -2.29. The van der Waals surface area contributed by atoms with Crippen molar-refractivity contribution in [1.29, 1.82) is 0 Å². The molecule has 1 nitrogen and oxygen atoms in total. The van der Waals surface area contributed by atoms with Gasteiger partial charge >= 0.3 is 0 Å². The van der Waals surface area contributed by atoms with Gasteiger partial charge in [0.1, 0.15) is 0 Å². The Morgan fingerprint density at radius 3 is 2.00 bits per heavy atom. The number of unbranched alkanes of at least 4 members (excludes halogenated alkanes) is 6. The van der Waals surface area contributed by atoms with Crippen LogP contribution in [0.3, 0.4) is 0 Å². The van der Waals surface area contributed by atoms with Crippen LogP contribution in [0.5, 0.6) is 0 Å². The summed E-state index contributed by atoms with van der Waals surface area (Å²) in [6, 6.07) is 0. The summed E-state index contributed by atoms with van der Waals surface area (Å²) in [6.07, 6.45) is 13.7. The van der Waals surface area contributed by atoms with E-state index >= 15 is 0 Å². The lowest BCUT2D eigenvalue weighted by molar-refractivity contribution is -0.0114. The highest BCUT2D eigenvalue weighted by Crippen LogP contribution is 2.25. The van der Waals surface area contributed by atoms with Crippen molar-refractivity contribution in [2.75, 3.05) is 6.61 Å². The van der Waals surface area contributed by atoms with Crippen LogP contribution in [0, 0.1) is 0 Å². The van der Waals surface area contributed by atoms with Crippen LogP contribution in [0.2, 0.25) is 0 Å². The lowest BCUT2D eigenvalue weighted by atomic mass is 9.92. The fourth-order valence-corrected chi connectivity index (χ4v) is 2.33. The van der Waals surface area contributed by atoms with E-state index in [0.29, 0.717) is 0 Å². The molecule has 0 saturated heterocycles. The Labute approximate surface area is 109 Å². The van der Waals surface area contributed by atoms with Gasteiger partial charge in [-0.05, 0) is 19.8 Å². The van der Waals surface area contributed by atoms with Gasteiger partial charge in [-0.25, -0.2) is 0 Å². The zero-order chi connectivity index (χ0) is 13.0. The maximum atomic E-state index is 5.85. The van der Waals surface area contributed by atoms with Crippen LogP contribution in [0.15, 0.2) is 12.7 Å². The van der Waals surface area contributed by atoms with Gasteiger partial charge in [0.15, 0.2) is 0 Å². The fraction of sp³-hybridized carbons (Fsp3) is 0.875. The van der Waals surface area contributed by atoms with Crippen molar-refractivity contribution in [3.8, 4) is 0 Å². The highest BCUT2D eigenvalue weighted by molar-refractivity contribution is 4.96. The van der Waals surface area contributed by atoms with Crippen LogP contribution < -0.4 is 0 Å². The third kappa shape index (κ3) is 7.59. The SMILES string of the molecule is C=CC(CC)(CCCCCCCCC)OCC. The van der Waals surface area contributed by atoms with Gasteiger partial charge in [-0.2, -0.15) is 0 Å². The Morgan fingerprint density at radius 2 is 1.53 bits per heavy atom. The first kappa shape index (κ1) is 16.7. The van der Waals surface area contributed by atoms with Gasteiger partial charge in [0.05, 0.1) is 5.60 Å². The molecule has 0 aromatic rings. The average molecular weight is 240 g/mol. The van der Waals surface area contributed by atoms with Crippen molar-refractivity contribution >= 4 is 0 Å². The van der Waals surface area contributed by atoms with E-state index in [1.54, 1.807) is 0 Å². The first-order chi connectivity index (χ1) is 8.24. The van der Waals surface area contributed by atoms with E-state index in [9.17, 15) is 0 Å². The highest BCUT2D eigenvalue weighted by atomic mass is 16.5. The topological polar surface area (TPSA) is 9.23 Å². The summed E-state index contributed by atoms with van der Waals surface area (Å²) in [5, 5.41) is 0. The molecule has 0 fully saturated rings. The molecule has 0 amide bonds. The predicted molar refractivity (Wildman–Crippen MR) is 77.5 cm³/mol. The average Bonchev–Trinajstić information content (AvgIpc) is 2.36. The van der Waals surface area contributed by atoms with Crippen molar-refractivity contribution in [2.45, 2.75) is 84.2 Å². The van der Waals surface area contributed by atoms with E-state index in [1.807, 2.05) is 6.08 Å². The second-order valence-electron chi connectivity index (χ2n) is 4.93. The third-order valence-electron chi connectivity index (χ3n) is 3.61. The summed E-state index contributed by atoms with van der Waals surface area (Å²) in [4.78, 5) is 0. The summed E-state index contributed by atoms with van der Waals surface area (Å²) in [6.45, 7) is 11.3. The Kier molecular flexibility index (Phi) is 10.6. The van der Waals surface area contributed by atoms with E-state index in [4.69, 9.17) is 4.74 Å². The maximum Gasteiger partial charge on any atom is 0.0857 e. The van der Waals surface area contributed by atoms with Crippen molar-refractivity contribution in [1.82, 2.24) is 0 Å². The molecule has 0 spiro atoms. The van der Waals surface area contributed by atoms with Gasteiger partial charge in [-0.3, -0.25) is 0 Å². The fourth-order valence-electron chi connectivity index (χ4n) is 2.33. The van der Waals surface area contributed by atoms with E-state index in [-0.39, 0.29) is 5.60 Å². The molecule has 0 N–H and O–H groups in total. The van der Waals surface area contributed by atoms with E-state index < -0.39 is 0 Å². The van der Waals surface area contributed by atoms with Gasteiger partial charge in [-0.15, -0.1) is 6.58 Å². The molecule has 17 heavy (non-hydrogen) atoms. The third-order valence-corrected chi connectivity index (χ3v) is 3.61. The van der Waals surface area contributed by atoms with Crippen molar-refractivity contribution in [2.24, 2.45) is 0 Å². The molecule has 0 heterocycles. The minimum absolute atomic E-state index is 0.0574. The first-order valence-corrected chi connectivity index (χ1v) is 7.52. The molecule has 1 heteroatoms. The van der Waals surface area contributed by atoms with Crippen molar-refractivity contribution in [3.05, 3.63) is 12.7 Å². The standard InChI is InChI=1S/C16H32O/c1-5-9-10-11-12-13-14-15-16(6-2,7-3)17-8-4/h6H,2,5,7-15H2,1,3-4H3. The summed E-state index contributed by atoms with van der Waals surface area (Å²) in [5.41, 5.74) is -0.0574. The summed E-state index contributed by atoms with van der Waals surface area (Å²) in [5.74, 6) is 0. The molecule has 1 unspecified atom stereocenters. The first-order valence-electron chi connectivity index (χ1n) is 7.52. The Hall–Kier alpha value is -0.300. The molecule has 0 aromatic carbocycles. The van der Waals surface area contributed by atoms with E-state index in [2.05, 4.69) is 27.4 Å². The molecular weight excluding hydrogens is 208 g/mol. The molecule has 0 saturated carbocycles. The number of rotatable bonds is 12. The normalized spacial score (nSPS) is 14.5. The van der Waals surface area contributed by atoms with Crippen molar-refractivity contribution < 1.29 is 4.74 Å². The van der Waals surface area contributed by atoms with Crippen molar-refractivity contribution in [3.63, 3.8) is 0 Å². The van der Waals surface area contributed by atoms with E-state index in [1.165, 1.54) is 44.9 Å². The summed E-state index contributed by atoms with van der Waals surface area (Å²) < 4.78 is 5.85. The molecular formula is C16H32O. The Morgan fingerprint density at radius 1 is 0.941 bits per heavy atom. The van der Waals surface area contributed by atoms with Crippen LogP contribution in [0.4, 0.5) is 0 Å². The van der Waals surface area contributed by atoms with Gasteiger partial charge < -0.3 is 4.74 Å². The monoisotopic (exact) mass is 240 g/mol. The second kappa shape index (κ2) is 10.8. The van der Waals surface area contributed by atoms with Crippen LogP contribution in [-0.2, 0) is 4.74 Å². The summed E-state index contributed by atoms with van der Waals surface area (Å²) >= 11 is 0. The molecule has 0 aromatic heterocycles. The molecule has 0 aliphatic carbocycles. The minimum atomic E-state index is -0.0574. The Bertz CT molecular complexity index is 176. The lowest BCUT2D eigenvalue weighted by Crippen LogP contribution is -2.29. The quantitative estimate of drug-likeness (QED) is 0.323. The van der Waals surface area contributed by atoms with Crippen LogP contribution in [0.25, 0.3) is 0 Å². The number of ether oxygens (including phenoxy) is 1. The molecule has 0 rings (SSSR count). The summed E-state index contributed by atoms with van der Waals surface area (Å²) in [7, 11) is 0. The maximum absolute atomic E-state index is 5.85. The van der Waals surface area contributed by atoms with Gasteiger partial charge in [0, 0.05) is 6.61 Å². The number of hydrogen-bond acceptors (Lipinski definition) is 1. The largest absolute Gasteiger partial charge is 0.371 e. The predicted octanol–water partition coefficient (Wildman–Crippen LogP) is 5.50. The number of hydrogen-bond donors (Lipinski definition) is 0. The highest BCUT2D eigenvalue weighted by Gasteiger charge is 2.23. The smallest absolute Gasteiger partial charge is 0.0857 e. The van der Waals surface area contributed by atoms with Gasteiger partial charge in [0.25, 0.3) is 0 Å². The van der Waals surface area contributed by atoms with Crippen LogP contribution in [-0.4, -0.2) is 12.2 Å². The second-order valence-corrected chi connectivity index (χ2v) is 4.93. The Balaban J connectivity index is 3.64. The minimum Gasteiger partial charge on any atom is -0.371 e. The molecule has 102 valence electrons.